The van der Waals surface area contributed by atoms with Crippen LogP contribution in [0.1, 0.15) is 41.9 Å². The van der Waals surface area contributed by atoms with Crippen LogP contribution in [0, 0.1) is 6.92 Å². The topological polar surface area (TPSA) is 92.4 Å². The molecule has 4 aromatic rings. The van der Waals surface area contributed by atoms with Crippen LogP contribution in [0.2, 0.25) is 0 Å². The zero-order valence-corrected chi connectivity index (χ0v) is 19.9. The summed E-state index contributed by atoms with van der Waals surface area (Å²) in [4.78, 5) is 19.8. The number of benzene rings is 1. The van der Waals surface area contributed by atoms with Crippen LogP contribution in [-0.2, 0) is 0 Å². The monoisotopic (exact) mass is 482 g/mol. The molecule has 9 nitrogen and oxygen atoms in total. The molecular weight excluding hydrogens is 454 g/mol. The maximum Gasteiger partial charge on any atom is 0.284 e. The number of hydrogen-bond acceptors (Lipinski definition) is 6. The van der Waals surface area contributed by atoms with E-state index in [9.17, 15) is 13.6 Å². The summed E-state index contributed by atoms with van der Waals surface area (Å²) in [5, 5.41) is 14.0. The van der Waals surface area contributed by atoms with Crippen molar-refractivity contribution in [2.45, 2.75) is 27.2 Å². The van der Waals surface area contributed by atoms with Gasteiger partial charge in [0.05, 0.1) is 23.8 Å². The van der Waals surface area contributed by atoms with E-state index in [1.165, 1.54) is 21.6 Å². The van der Waals surface area contributed by atoms with E-state index in [1.54, 1.807) is 18.3 Å². The van der Waals surface area contributed by atoms with Crippen molar-refractivity contribution in [1.82, 2.24) is 29.7 Å². The largest absolute Gasteiger partial charge is 0.354 e. The standard InChI is InChI=1S/C22H22F2N8O.C2H6/c1-14-2-4-15(5-3-14)32-13-17(19(29-32)20(23)24)27-22(33)16-12-26-31-9-6-18(28-21(16)31)30-10-7-25-8-11-30;1-2/h2-6,9,12-13,20,25H,7-8,10-11H2,1H3,(H,27,33);1-2H3. The number of rotatable bonds is 5. The van der Waals surface area contributed by atoms with Gasteiger partial charge in [0.2, 0.25) is 0 Å². The summed E-state index contributed by atoms with van der Waals surface area (Å²) in [6.45, 7) is 9.23. The first kappa shape index (κ1) is 24.3. The Bertz CT molecular complexity index is 1290. The van der Waals surface area contributed by atoms with Gasteiger partial charge in [-0.15, -0.1) is 0 Å². The number of fused-ring (bicyclic) bond motifs is 1. The third kappa shape index (κ3) is 5.14. The molecule has 2 N–H and O–H groups in total. The second kappa shape index (κ2) is 10.6. The number of nitrogens with zero attached hydrogens (tertiary/aromatic N) is 6. The van der Waals surface area contributed by atoms with Crippen LogP contribution in [0.4, 0.5) is 20.3 Å². The molecule has 5 rings (SSSR count). The lowest BCUT2D eigenvalue weighted by Crippen LogP contribution is -2.43. The quantitative estimate of drug-likeness (QED) is 0.449. The first-order valence-corrected chi connectivity index (χ1v) is 11.6. The van der Waals surface area contributed by atoms with Gasteiger partial charge >= 0.3 is 0 Å². The Labute approximate surface area is 201 Å². The predicted molar refractivity (Wildman–Crippen MR) is 131 cm³/mol. The number of anilines is 2. The average molecular weight is 483 g/mol. The van der Waals surface area contributed by atoms with E-state index in [0.29, 0.717) is 11.3 Å². The molecule has 1 aliphatic rings. The van der Waals surface area contributed by atoms with E-state index in [1.807, 2.05) is 39.0 Å². The number of alkyl halides is 2. The fourth-order valence-electron chi connectivity index (χ4n) is 3.75. The molecular formula is C24H28F2N8O. The van der Waals surface area contributed by atoms with Gasteiger partial charge in [0, 0.05) is 32.4 Å². The summed E-state index contributed by atoms with van der Waals surface area (Å²) in [6.07, 6.45) is 1.64. The Hall–Kier alpha value is -3.86. The van der Waals surface area contributed by atoms with Gasteiger partial charge < -0.3 is 15.5 Å². The first-order chi connectivity index (χ1) is 17.0. The normalized spacial score (nSPS) is 13.6. The lowest BCUT2D eigenvalue weighted by atomic mass is 10.2. The number of nitrogens with one attached hydrogen (secondary N) is 2. The number of halogens is 2. The molecule has 0 radical (unpaired) electrons. The summed E-state index contributed by atoms with van der Waals surface area (Å²) in [5.74, 6) is 0.152. The number of amides is 1. The molecule has 0 spiro atoms. The summed E-state index contributed by atoms with van der Waals surface area (Å²) < 4.78 is 30.1. The van der Waals surface area contributed by atoms with Gasteiger partial charge in [-0.2, -0.15) is 10.2 Å². The van der Waals surface area contributed by atoms with Crippen molar-refractivity contribution in [2.75, 3.05) is 36.4 Å². The van der Waals surface area contributed by atoms with Gasteiger partial charge in [-0.1, -0.05) is 31.5 Å². The molecule has 11 heteroatoms. The third-order valence-electron chi connectivity index (χ3n) is 5.54. The number of carbonyl (C=O) groups excluding carboxylic acids is 1. The van der Waals surface area contributed by atoms with Crippen molar-refractivity contribution in [3.05, 3.63) is 65.7 Å². The van der Waals surface area contributed by atoms with Crippen LogP contribution in [0.5, 0.6) is 0 Å². The van der Waals surface area contributed by atoms with Gasteiger partial charge in [-0.05, 0) is 25.1 Å². The van der Waals surface area contributed by atoms with Crippen LogP contribution in [-0.4, -0.2) is 56.5 Å². The Morgan fingerprint density at radius 2 is 1.83 bits per heavy atom. The molecule has 184 valence electrons. The molecule has 4 heterocycles. The van der Waals surface area contributed by atoms with E-state index >= 15 is 0 Å². The molecule has 0 aliphatic carbocycles. The van der Waals surface area contributed by atoms with Crippen LogP contribution in [0.25, 0.3) is 11.3 Å². The molecule has 35 heavy (non-hydrogen) atoms. The minimum absolute atomic E-state index is 0.0619. The second-order valence-corrected chi connectivity index (χ2v) is 7.81. The molecule has 0 bridgehead atoms. The van der Waals surface area contributed by atoms with Gasteiger partial charge in [0.25, 0.3) is 12.3 Å². The van der Waals surface area contributed by atoms with Gasteiger partial charge in [0.1, 0.15) is 11.4 Å². The highest BCUT2D eigenvalue weighted by Crippen LogP contribution is 2.28. The minimum atomic E-state index is -2.85. The van der Waals surface area contributed by atoms with Crippen LogP contribution in [0.15, 0.2) is 48.9 Å². The molecule has 0 saturated carbocycles. The zero-order valence-electron chi connectivity index (χ0n) is 19.9. The smallest absolute Gasteiger partial charge is 0.284 e. The Morgan fingerprint density at radius 1 is 1.11 bits per heavy atom. The van der Waals surface area contributed by atoms with Gasteiger partial charge in [0.15, 0.2) is 11.3 Å². The first-order valence-electron chi connectivity index (χ1n) is 11.6. The lowest BCUT2D eigenvalue weighted by Gasteiger charge is -2.28. The molecule has 3 aromatic heterocycles. The SMILES string of the molecule is CC.Cc1ccc(-n2cc(NC(=O)c3cnn4ccc(N5CCNCC5)nc34)c(C(F)F)n2)cc1. The van der Waals surface area contributed by atoms with Crippen molar-refractivity contribution in [2.24, 2.45) is 0 Å². The number of hydrogen-bond donors (Lipinski definition) is 2. The molecule has 1 saturated heterocycles. The van der Waals surface area contributed by atoms with E-state index in [2.05, 4.69) is 30.7 Å². The third-order valence-corrected chi connectivity index (χ3v) is 5.54. The summed E-state index contributed by atoms with van der Waals surface area (Å²) in [7, 11) is 0. The average Bonchev–Trinajstić information content (AvgIpc) is 3.50. The van der Waals surface area contributed by atoms with E-state index in [-0.39, 0.29) is 11.3 Å². The number of aromatic nitrogens is 5. The summed E-state index contributed by atoms with van der Waals surface area (Å²) >= 11 is 0. The van der Waals surface area contributed by atoms with Crippen molar-refractivity contribution >= 4 is 23.1 Å². The molecule has 0 unspecified atom stereocenters. The highest BCUT2D eigenvalue weighted by Gasteiger charge is 2.23. The minimum Gasteiger partial charge on any atom is -0.354 e. The molecule has 0 atom stereocenters. The number of aryl methyl sites for hydroxylation is 1. The fraction of sp³-hybridized carbons (Fsp3) is 0.333. The van der Waals surface area contributed by atoms with Gasteiger partial charge in [-0.3, -0.25) is 4.79 Å². The summed E-state index contributed by atoms with van der Waals surface area (Å²) in [6, 6.07) is 9.11. The molecule has 1 aliphatic heterocycles. The van der Waals surface area contributed by atoms with Crippen LogP contribution < -0.4 is 15.5 Å². The Kier molecular flexibility index (Phi) is 7.35. The molecule has 1 amide bonds. The van der Waals surface area contributed by atoms with Crippen molar-refractivity contribution in [1.29, 1.82) is 0 Å². The second-order valence-electron chi connectivity index (χ2n) is 7.81. The van der Waals surface area contributed by atoms with Gasteiger partial charge in [-0.25, -0.2) is 23.0 Å². The van der Waals surface area contributed by atoms with E-state index in [0.717, 1.165) is 37.6 Å². The highest BCUT2D eigenvalue weighted by atomic mass is 19.3. The lowest BCUT2D eigenvalue weighted by molar-refractivity contribution is 0.102. The number of carbonyl (C=O) groups is 1. The Balaban J connectivity index is 0.00000141. The van der Waals surface area contributed by atoms with Crippen LogP contribution in [0.3, 0.4) is 0 Å². The van der Waals surface area contributed by atoms with Crippen molar-refractivity contribution in [3.63, 3.8) is 0 Å². The molecule has 1 aromatic carbocycles. The predicted octanol–water partition coefficient (Wildman–Crippen LogP) is 3.85. The maximum absolute atomic E-state index is 13.7. The van der Waals surface area contributed by atoms with E-state index < -0.39 is 18.0 Å². The van der Waals surface area contributed by atoms with Crippen LogP contribution >= 0.6 is 0 Å². The van der Waals surface area contributed by atoms with Crippen molar-refractivity contribution in [3.8, 4) is 5.69 Å². The van der Waals surface area contributed by atoms with E-state index in [4.69, 9.17) is 0 Å². The number of piperazine rings is 1. The highest BCUT2D eigenvalue weighted by molar-refractivity contribution is 6.08. The fourth-order valence-corrected chi connectivity index (χ4v) is 3.75. The molecule has 1 fully saturated rings. The summed E-state index contributed by atoms with van der Waals surface area (Å²) in [5.41, 5.74) is 1.63. The maximum atomic E-state index is 13.7. The van der Waals surface area contributed by atoms with Crippen molar-refractivity contribution < 1.29 is 13.6 Å². The Morgan fingerprint density at radius 3 is 2.51 bits per heavy atom. The zero-order chi connectivity index (χ0) is 24.9.